The largest absolute Gasteiger partial charge is 0.481 e. The lowest BCUT2D eigenvalue weighted by Crippen LogP contribution is -1.96. The van der Waals surface area contributed by atoms with Crippen molar-refractivity contribution >= 4 is 22.8 Å². The Morgan fingerprint density at radius 1 is 1.06 bits per heavy atom. The normalized spacial score (nSPS) is 10.0. The smallest absolute Gasteiger partial charge is 0.303 e. The van der Waals surface area contributed by atoms with Gasteiger partial charge >= 0.3 is 5.97 Å². The summed E-state index contributed by atoms with van der Waals surface area (Å²) in [4.78, 5) is 22.7. The molecule has 0 spiro atoms. The number of rotatable bonds is 6. The molecule has 0 radical (unpaired) electrons. The van der Waals surface area contributed by atoms with Crippen molar-refractivity contribution in [3.8, 4) is 0 Å². The molecule has 1 N–H and O–H groups in total. The maximum absolute atomic E-state index is 11.5. The van der Waals surface area contributed by atoms with Crippen LogP contribution in [-0.4, -0.2) is 16.2 Å². The monoisotopic (exact) mass is 238 g/mol. The fourth-order valence-electron chi connectivity index (χ4n) is 1.22. The van der Waals surface area contributed by atoms with E-state index in [1.807, 2.05) is 30.3 Å². The second-order valence-corrected chi connectivity index (χ2v) is 4.52. The Morgan fingerprint density at radius 2 is 1.69 bits per heavy atom. The van der Waals surface area contributed by atoms with Gasteiger partial charge in [0.1, 0.15) is 0 Å². The molecule has 3 nitrogen and oxygen atoms in total. The fraction of sp³-hybridized carbons (Fsp3) is 0.333. The average molecular weight is 238 g/mol. The highest BCUT2D eigenvalue weighted by Gasteiger charge is 2.05. The van der Waals surface area contributed by atoms with Gasteiger partial charge in [0, 0.05) is 17.7 Å². The van der Waals surface area contributed by atoms with Crippen molar-refractivity contribution in [3.05, 3.63) is 30.3 Å². The van der Waals surface area contributed by atoms with Crippen molar-refractivity contribution in [2.24, 2.45) is 0 Å². The first kappa shape index (κ1) is 12.8. The van der Waals surface area contributed by atoms with E-state index in [0.29, 0.717) is 19.3 Å². The second kappa shape index (κ2) is 7.06. The van der Waals surface area contributed by atoms with Gasteiger partial charge in [-0.3, -0.25) is 9.59 Å². The van der Waals surface area contributed by atoms with E-state index in [-0.39, 0.29) is 11.5 Å². The minimum atomic E-state index is -0.803. The molecule has 0 aliphatic carbocycles. The maximum atomic E-state index is 11.5. The average Bonchev–Trinajstić information content (AvgIpc) is 2.25. The summed E-state index contributed by atoms with van der Waals surface area (Å²) in [5.74, 6) is -0.803. The van der Waals surface area contributed by atoms with E-state index in [1.165, 1.54) is 11.8 Å². The van der Waals surface area contributed by atoms with Gasteiger partial charge in [-0.15, -0.1) is 0 Å². The molecule has 0 heterocycles. The van der Waals surface area contributed by atoms with Gasteiger partial charge in [-0.2, -0.15) is 0 Å². The van der Waals surface area contributed by atoms with Gasteiger partial charge in [0.05, 0.1) is 0 Å². The fourth-order valence-corrected chi connectivity index (χ4v) is 2.02. The third-order valence-electron chi connectivity index (χ3n) is 2.00. The Hall–Kier alpha value is -1.29. The predicted octanol–water partition coefficient (Wildman–Crippen LogP) is 2.95. The summed E-state index contributed by atoms with van der Waals surface area (Å²) in [5.41, 5.74) is 0. The summed E-state index contributed by atoms with van der Waals surface area (Å²) < 4.78 is 0. The van der Waals surface area contributed by atoms with E-state index in [4.69, 9.17) is 5.11 Å². The molecule has 4 heteroatoms. The van der Waals surface area contributed by atoms with Crippen LogP contribution in [0.3, 0.4) is 0 Å². The number of unbranched alkanes of at least 4 members (excludes halogenated alkanes) is 1. The van der Waals surface area contributed by atoms with Crippen LogP contribution in [0.4, 0.5) is 0 Å². The standard InChI is InChI=1S/C12H14O3S/c13-11(14)8-4-5-9-12(15)16-10-6-2-1-3-7-10/h1-3,6-7H,4-5,8-9H2,(H,13,14). The van der Waals surface area contributed by atoms with Crippen molar-refractivity contribution in [2.45, 2.75) is 30.6 Å². The first-order chi connectivity index (χ1) is 7.68. The van der Waals surface area contributed by atoms with Gasteiger partial charge in [-0.25, -0.2) is 0 Å². The summed E-state index contributed by atoms with van der Waals surface area (Å²) in [6.07, 6.45) is 1.79. The molecular formula is C12H14O3S. The molecule has 0 bridgehead atoms. The number of hydrogen-bond donors (Lipinski definition) is 1. The van der Waals surface area contributed by atoms with Gasteiger partial charge in [-0.1, -0.05) is 30.0 Å². The van der Waals surface area contributed by atoms with Crippen LogP contribution in [0.25, 0.3) is 0 Å². The van der Waals surface area contributed by atoms with Crippen LogP contribution in [0.1, 0.15) is 25.7 Å². The minimum absolute atomic E-state index is 0.0941. The van der Waals surface area contributed by atoms with E-state index in [2.05, 4.69) is 0 Å². The molecule has 1 aromatic carbocycles. The van der Waals surface area contributed by atoms with Crippen LogP contribution in [0.2, 0.25) is 0 Å². The van der Waals surface area contributed by atoms with Gasteiger partial charge in [0.25, 0.3) is 0 Å². The zero-order chi connectivity index (χ0) is 11.8. The van der Waals surface area contributed by atoms with Crippen LogP contribution < -0.4 is 0 Å². The number of carbonyl (C=O) groups excluding carboxylic acids is 1. The topological polar surface area (TPSA) is 54.4 Å². The quantitative estimate of drug-likeness (QED) is 0.611. The molecule has 0 aromatic heterocycles. The molecule has 86 valence electrons. The van der Waals surface area contributed by atoms with E-state index in [9.17, 15) is 9.59 Å². The number of hydrogen-bond acceptors (Lipinski definition) is 3. The Balaban J connectivity index is 2.19. The number of thioether (sulfide) groups is 1. The molecule has 0 unspecified atom stereocenters. The Bertz CT molecular complexity index is 349. The highest BCUT2D eigenvalue weighted by Crippen LogP contribution is 2.20. The SMILES string of the molecule is O=C(O)CCCCC(=O)Sc1ccccc1. The first-order valence-corrected chi connectivity index (χ1v) is 5.97. The third-order valence-corrected chi connectivity index (χ3v) is 2.94. The first-order valence-electron chi connectivity index (χ1n) is 5.16. The van der Waals surface area contributed by atoms with Crippen molar-refractivity contribution in [3.63, 3.8) is 0 Å². The molecule has 0 aliphatic heterocycles. The molecule has 1 rings (SSSR count). The van der Waals surface area contributed by atoms with E-state index in [0.717, 1.165) is 4.90 Å². The number of carboxylic acid groups (broad SMARTS) is 1. The highest BCUT2D eigenvalue weighted by atomic mass is 32.2. The van der Waals surface area contributed by atoms with Crippen molar-refractivity contribution in [1.29, 1.82) is 0 Å². The van der Waals surface area contributed by atoms with Gasteiger partial charge < -0.3 is 5.11 Å². The highest BCUT2D eigenvalue weighted by molar-refractivity contribution is 8.13. The van der Waals surface area contributed by atoms with E-state index >= 15 is 0 Å². The molecule has 0 atom stereocenters. The summed E-state index contributed by atoms with van der Waals surface area (Å²) in [5, 5.41) is 8.52. The number of aliphatic carboxylic acids is 1. The lowest BCUT2D eigenvalue weighted by atomic mass is 10.2. The summed E-state index contributed by atoms with van der Waals surface area (Å²) in [6, 6.07) is 9.46. The van der Waals surface area contributed by atoms with Gasteiger partial charge in [0.15, 0.2) is 5.12 Å². The zero-order valence-electron chi connectivity index (χ0n) is 8.89. The van der Waals surface area contributed by atoms with Crippen LogP contribution >= 0.6 is 11.8 Å². The number of benzene rings is 1. The molecule has 0 saturated heterocycles. The van der Waals surface area contributed by atoms with E-state index in [1.54, 1.807) is 0 Å². The zero-order valence-corrected chi connectivity index (χ0v) is 9.70. The maximum Gasteiger partial charge on any atom is 0.303 e. The molecule has 16 heavy (non-hydrogen) atoms. The Morgan fingerprint density at radius 3 is 2.31 bits per heavy atom. The number of carboxylic acids is 1. The summed E-state index contributed by atoms with van der Waals surface area (Å²) in [7, 11) is 0. The third kappa shape index (κ3) is 5.56. The predicted molar refractivity (Wildman–Crippen MR) is 63.4 cm³/mol. The van der Waals surface area contributed by atoms with Gasteiger partial charge in [-0.05, 0) is 25.0 Å². The summed E-state index contributed by atoms with van der Waals surface area (Å²) >= 11 is 1.22. The molecule has 0 amide bonds. The van der Waals surface area contributed by atoms with Crippen LogP contribution in [0.5, 0.6) is 0 Å². The second-order valence-electron chi connectivity index (χ2n) is 3.39. The van der Waals surface area contributed by atoms with Gasteiger partial charge in [0.2, 0.25) is 0 Å². The Labute approximate surface area is 98.9 Å². The molecule has 0 fully saturated rings. The minimum Gasteiger partial charge on any atom is -0.481 e. The molecule has 0 aliphatic rings. The summed E-state index contributed by atoms with van der Waals surface area (Å²) in [6.45, 7) is 0. The number of carbonyl (C=O) groups is 2. The van der Waals surface area contributed by atoms with Crippen molar-refractivity contribution < 1.29 is 14.7 Å². The van der Waals surface area contributed by atoms with E-state index < -0.39 is 5.97 Å². The lowest BCUT2D eigenvalue weighted by molar-refractivity contribution is -0.137. The van der Waals surface area contributed by atoms with Crippen molar-refractivity contribution in [1.82, 2.24) is 0 Å². The molecule has 1 aromatic rings. The molecular weight excluding hydrogens is 224 g/mol. The van der Waals surface area contributed by atoms with Crippen LogP contribution in [0.15, 0.2) is 35.2 Å². The van der Waals surface area contributed by atoms with Crippen LogP contribution in [0, 0.1) is 0 Å². The molecule has 0 saturated carbocycles. The van der Waals surface area contributed by atoms with Crippen LogP contribution in [-0.2, 0) is 9.59 Å². The Kier molecular flexibility index (Phi) is 5.64. The van der Waals surface area contributed by atoms with Crippen molar-refractivity contribution in [2.75, 3.05) is 0 Å². The lowest BCUT2D eigenvalue weighted by Gasteiger charge is -1.99.